The Morgan fingerprint density at radius 1 is 0.344 bits per heavy atom. The van der Waals surface area contributed by atoms with Gasteiger partial charge in [0.15, 0.2) is 6.10 Å². The van der Waals surface area contributed by atoms with Crippen LogP contribution in [0.15, 0.2) is 72.9 Å². The Kier molecular flexibility index (Phi) is 49.9. The number of carbonyl (C=O) groups excluding carboxylic acids is 3. The monoisotopic (exact) mass is 893 g/mol. The van der Waals surface area contributed by atoms with Crippen LogP contribution in [-0.4, -0.2) is 37.2 Å². The van der Waals surface area contributed by atoms with Gasteiger partial charge < -0.3 is 14.2 Å². The Bertz CT molecular complexity index is 1210. The van der Waals surface area contributed by atoms with Gasteiger partial charge in [0.2, 0.25) is 0 Å². The molecular weight excluding hydrogens is 793 g/mol. The lowest BCUT2D eigenvalue weighted by Crippen LogP contribution is -2.30. The van der Waals surface area contributed by atoms with Crippen LogP contribution >= 0.6 is 0 Å². The van der Waals surface area contributed by atoms with Crippen LogP contribution in [0.1, 0.15) is 258 Å². The van der Waals surface area contributed by atoms with Crippen molar-refractivity contribution in [1.82, 2.24) is 0 Å². The lowest BCUT2D eigenvalue weighted by molar-refractivity contribution is -0.167. The third-order valence-electron chi connectivity index (χ3n) is 11.6. The summed E-state index contributed by atoms with van der Waals surface area (Å²) in [6, 6.07) is 0. The Balaban J connectivity index is 4.37. The summed E-state index contributed by atoms with van der Waals surface area (Å²) < 4.78 is 16.8. The normalized spacial score (nSPS) is 12.6. The van der Waals surface area contributed by atoms with E-state index in [1.807, 2.05) is 30.4 Å². The van der Waals surface area contributed by atoms with Gasteiger partial charge in [-0.2, -0.15) is 0 Å². The molecule has 0 aromatic heterocycles. The van der Waals surface area contributed by atoms with E-state index in [1.54, 1.807) is 0 Å². The van der Waals surface area contributed by atoms with Crippen LogP contribution in [0.25, 0.3) is 0 Å². The fourth-order valence-electron chi connectivity index (χ4n) is 7.55. The molecular formula is C58H100O6. The molecule has 0 rings (SSSR count). The van der Waals surface area contributed by atoms with E-state index in [-0.39, 0.29) is 31.1 Å². The number of carbonyl (C=O) groups is 3. The number of hydrogen-bond acceptors (Lipinski definition) is 6. The van der Waals surface area contributed by atoms with Crippen molar-refractivity contribution in [3.8, 4) is 0 Å². The van der Waals surface area contributed by atoms with Crippen molar-refractivity contribution in [2.24, 2.45) is 0 Å². The molecule has 1 unspecified atom stereocenters. The summed E-state index contributed by atoms with van der Waals surface area (Å²) in [5.74, 6) is -0.933. The van der Waals surface area contributed by atoms with Gasteiger partial charge in [0.25, 0.3) is 0 Å². The fraction of sp³-hybridized carbons (Fsp3) is 0.741. The predicted octanol–water partition coefficient (Wildman–Crippen LogP) is 17.8. The van der Waals surface area contributed by atoms with E-state index in [2.05, 4.69) is 63.3 Å². The summed E-state index contributed by atoms with van der Waals surface area (Å²) in [6.45, 7) is 6.37. The van der Waals surface area contributed by atoms with Gasteiger partial charge in [-0.3, -0.25) is 14.4 Å². The lowest BCUT2D eigenvalue weighted by atomic mass is 10.0. The second kappa shape index (κ2) is 52.5. The molecule has 0 aromatic carbocycles. The van der Waals surface area contributed by atoms with Crippen molar-refractivity contribution >= 4 is 17.9 Å². The van der Waals surface area contributed by atoms with Gasteiger partial charge in [0.05, 0.1) is 0 Å². The second-order valence-electron chi connectivity index (χ2n) is 17.8. The van der Waals surface area contributed by atoms with Crippen LogP contribution in [0.2, 0.25) is 0 Å². The van der Waals surface area contributed by atoms with E-state index >= 15 is 0 Å². The number of hydrogen-bond donors (Lipinski definition) is 0. The van der Waals surface area contributed by atoms with Crippen LogP contribution in [-0.2, 0) is 28.6 Å². The zero-order valence-corrected chi connectivity index (χ0v) is 42.0. The average molecular weight is 893 g/mol. The molecule has 0 spiro atoms. The highest BCUT2D eigenvalue weighted by Crippen LogP contribution is 2.16. The van der Waals surface area contributed by atoms with Crippen LogP contribution < -0.4 is 0 Å². The van der Waals surface area contributed by atoms with Crippen molar-refractivity contribution in [1.29, 1.82) is 0 Å². The highest BCUT2D eigenvalue weighted by molar-refractivity contribution is 5.71. The van der Waals surface area contributed by atoms with Gasteiger partial charge in [0, 0.05) is 19.3 Å². The SMILES string of the molecule is CC/C=C/C=C/C=C/C=C/CCCCCC(=O)OCC(COC(=O)CCCCCCCCCCCCCCCCCCCCC)OC(=O)CCCCCCCCC/C=C/C/C=C/CC. The minimum Gasteiger partial charge on any atom is -0.462 e. The first-order valence-corrected chi connectivity index (χ1v) is 27.0. The molecule has 0 aliphatic carbocycles. The van der Waals surface area contributed by atoms with Crippen LogP contribution in [0.4, 0.5) is 0 Å². The molecule has 0 heterocycles. The van der Waals surface area contributed by atoms with E-state index in [0.717, 1.165) is 89.9 Å². The van der Waals surface area contributed by atoms with Gasteiger partial charge in [-0.1, -0.05) is 248 Å². The molecule has 0 N–H and O–H groups in total. The molecule has 6 nitrogen and oxygen atoms in total. The lowest BCUT2D eigenvalue weighted by Gasteiger charge is -2.18. The number of esters is 3. The van der Waals surface area contributed by atoms with Crippen molar-refractivity contribution in [2.45, 2.75) is 264 Å². The summed E-state index contributed by atoms with van der Waals surface area (Å²) in [7, 11) is 0. The summed E-state index contributed by atoms with van der Waals surface area (Å²) in [6.07, 6.45) is 66.1. The topological polar surface area (TPSA) is 78.9 Å². The van der Waals surface area contributed by atoms with Crippen molar-refractivity contribution in [3.63, 3.8) is 0 Å². The first-order valence-electron chi connectivity index (χ1n) is 27.0. The number of unbranched alkanes of at least 4 members (excludes halogenated alkanes) is 28. The van der Waals surface area contributed by atoms with Crippen LogP contribution in [0.3, 0.4) is 0 Å². The molecule has 0 aromatic rings. The van der Waals surface area contributed by atoms with Gasteiger partial charge in [-0.15, -0.1) is 0 Å². The molecule has 368 valence electrons. The summed E-state index contributed by atoms with van der Waals surface area (Å²) in [4.78, 5) is 38.0. The number of rotatable bonds is 48. The highest BCUT2D eigenvalue weighted by Gasteiger charge is 2.19. The second-order valence-corrected chi connectivity index (χ2v) is 17.8. The maximum absolute atomic E-state index is 12.8. The Morgan fingerprint density at radius 3 is 1.14 bits per heavy atom. The molecule has 1 atom stereocenters. The molecule has 0 saturated carbocycles. The van der Waals surface area contributed by atoms with Crippen molar-refractivity contribution in [2.75, 3.05) is 13.2 Å². The van der Waals surface area contributed by atoms with Gasteiger partial charge in [0.1, 0.15) is 13.2 Å². The largest absolute Gasteiger partial charge is 0.462 e. The summed E-state index contributed by atoms with van der Waals surface area (Å²) in [5, 5.41) is 0. The quantitative estimate of drug-likeness (QED) is 0.0199. The van der Waals surface area contributed by atoms with Gasteiger partial charge in [-0.05, 0) is 64.2 Å². The third-order valence-corrected chi connectivity index (χ3v) is 11.6. The predicted molar refractivity (Wildman–Crippen MR) is 274 cm³/mol. The maximum Gasteiger partial charge on any atom is 0.306 e. The van der Waals surface area contributed by atoms with Crippen LogP contribution in [0, 0.1) is 0 Å². The molecule has 0 radical (unpaired) electrons. The first kappa shape index (κ1) is 60.9. The van der Waals surface area contributed by atoms with Crippen molar-refractivity contribution < 1.29 is 28.6 Å². The zero-order valence-electron chi connectivity index (χ0n) is 42.0. The molecule has 0 saturated heterocycles. The molecule has 0 bridgehead atoms. The molecule has 0 amide bonds. The Morgan fingerprint density at radius 2 is 0.688 bits per heavy atom. The summed E-state index contributed by atoms with van der Waals surface area (Å²) in [5.41, 5.74) is 0. The molecule has 0 aliphatic rings. The molecule has 0 aliphatic heterocycles. The minimum atomic E-state index is -0.794. The fourth-order valence-corrected chi connectivity index (χ4v) is 7.55. The Labute approximate surface area is 395 Å². The van der Waals surface area contributed by atoms with Crippen molar-refractivity contribution in [3.05, 3.63) is 72.9 Å². The maximum atomic E-state index is 12.8. The van der Waals surface area contributed by atoms with E-state index in [9.17, 15) is 14.4 Å². The Hall–Kier alpha value is -3.15. The van der Waals surface area contributed by atoms with E-state index in [4.69, 9.17) is 14.2 Å². The first-order chi connectivity index (χ1) is 31.5. The summed E-state index contributed by atoms with van der Waals surface area (Å²) >= 11 is 0. The highest BCUT2D eigenvalue weighted by atomic mass is 16.6. The molecule has 0 fully saturated rings. The number of ether oxygens (including phenoxy) is 3. The van der Waals surface area contributed by atoms with E-state index in [0.29, 0.717) is 19.3 Å². The van der Waals surface area contributed by atoms with E-state index in [1.165, 1.54) is 128 Å². The minimum absolute atomic E-state index is 0.0897. The smallest absolute Gasteiger partial charge is 0.306 e. The van der Waals surface area contributed by atoms with Gasteiger partial charge in [-0.25, -0.2) is 0 Å². The molecule has 6 heteroatoms. The van der Waals surface area contributed by atoms with Gasteiger partial charge >= 0.3 is 17.9 Å². The van der Waals surface area contributed by atoms with E-state index < -0.39 is 6.10 Å². The molecule has 64 heavy (non-hydrogen) atoms. The number of allylic oxidation sites excluding steroid dienone is 12. The standard InChI is InChI=1S/C58H100O6/c1-4-7-10-13-16-19-22-25-27-28-29-30-31-34-36-39-42-45-48-51-57(60)63-54-55(53-62-56(59)50-47-44-41-38-35-32-24-21-18-15-12-9-6-3)64-58(61)52-49-46-43-40-37-33-26-23-20-17-14-11-8-5-2/h8-9,11-12,15,17-18,20-21,24,32,35,55H,4-7,10,13-14,16,19,22-23,25-31,33-34,36-54H2,1-3H3/b11-8+,12-9+,18-15+,20-17+,24-21+,35-32+. The van der Waals surface area contributed by atoms with Crippen LogP contribution in [0.5, 0.6) is 0 Å². The zero-order chi connectivity index (χ0) is 46.5. The average Bonchev–Trinajstić information content (AvgIpc) is 3.29. The third kappa shape index (κ3) is 49.9.